The molecule has 0 atom stereocenters. The molecule has 3 aromatic rings. The van der Waals surface area contributed by atoms with Crippen LogP contribution in [-0.4, -0.2) is 44.5 Å². The zero-order valence-corrected chi connectivity index (χ0v) is 17.6. The molecular formula is C23H26N4O2S. The van der Waals surface area contributed by atoms with Crippen molar-refractivity contribution >= 4 is 27.1 Å². The van der Waals surface area contributed by atoms with Crippen LogP contribution in [0.1, 0.15) is 12.8 Å². The smallest absolute Gasteiger partial charge is 0.240 e. The first-order chi connectivity index (χ1) is 14.6. The number of hydrogen-bond acceptors (Lipinski definition) is 5. The second-order valence-electron chi connectivity index (χ2n) is 7.32. The number of pyridine rings is 1. The van der Waals surface area contributed by atoms with Gasteiger partial charge in [0.05, 0.1) is 4.90 Å². The molecule has 1 saturated heterocycles. The Morgan fingerprint density at radius 1 is 0.867 bits per heavy atom. The van der Waals surface area contributed by atoms with Crippen LogP contribution in [0.4, 0.5) is 17.1 Å². The highest BCUT2D eigenvalue weighted by Gasteiger charge is 2.19. The predicted molar refractivity (Wildman–Crippen MR) is 120 cm³/mol. The van der Waals surface area contributed by atoms with Crippen LogP contribution in [0, 0.1) is 0 Å². The van der Waals surface area contributed by atoms with E-state index in [1.54, 1.807) is 30.6 Å². The fourth-order valence-electron chi connectivity index (χ4n) is 3.73. The molecule has 156 valence electrons. The Bertz CT molecular complexity index is 1010. The predicted octanol–water partition coefficient (Wildman–Crippen LogP) is 3.93. The van der Waals surface area contributed by atoms with E-state index in [9.17, 15) is 8.42 Å². The van der Waals surface area contributed by atoms with Crippen molar-refractivity contribution in [3.05, 3.63) is 79.1 Å². The van der Waals surface area contributed by atoms with Crippen LogP contribution >= 0.6 is 0 Å². The molecule has 1 aliphatic rings. The average molecular weight is 423 g/mol. The first-order valence-corrected chi connectivity index (χ1v) is 11.7. The van der Waals surface area contributed by atoms with E-state index in [4.69, 9.17) is 0 Å². The Morgan fingerprint density at radius 2 is 1.53 bits per heavy atom. The van der Waals surface area contributed by atoms with Gasteiger partial charge in [-0.1, -0.05) is 24.3 Å². The Labute approximate surface area is 178 Å². The third-order valence-electron chi connectivity index (χ3n) is 5.24. The summed E-state index contributed by atoms with van der Waals surface area (Å²) in [6.07, 6.45) is 5.84. The maximum absolute atomic E-state index is 12.9. The molecule has 1 fully saturated rings. The van der Waals surface area contributed by atoms with Crippen LogP contribution in [0.2, 0.25) is 0 Å². The summed E-state index contributed by atoms with van der Waals surface area (Å²) in [5.74, 6) is 0. The van der Waals surface area contributed by atoms with Crippen LogP contribution in [0.25, 0.3) is 0 Å². The standard InChI is InChI=1S/C23H26N4O2S/c28-30(29,25-15-18-26-16-4-5-17-26)23-10-6-9-22(19-23)27(20-7-2-1-3-8-20)21-11-13-24-14-12-21/h1-3,6-14,19,25H,4-5,15-18H2. The van der Waals surface area contributed by atoms with Crippen LogP contribution in [-0.2, 0) is 10.0 Å². The summed E-state index contributed by atoms with van der Waals surface area (Å²) >= 11 is 0. The summed E-state index contributed by atoms with van der Waals surface area (Å²) in [6.45, 7) is 3.26. The van der Waals surface area contributed by atoms with E-state index in [2.05, 4.69) is 14.6 Å². The van der Waals surface area contributed by atoms with Crippen LogP contribution in [0.3, 0.4) is 0 Å². The lowest BCUT2D eigenvalue weighted by atomic mass is 10.2. The van der Waals surface area contributed by atoms with E-state index in [1.165, 1.54) is 12.8 Å². The number of rotatable bonds is 8. The van der Waals surface area contributed by atoms with Crippen molar-refractivity contribution in [2.24, 2.45) is 0 Å². The van der Waals surface area contributed by atoms with Gasteiger partial charge < -0.3 is 9.80 Å². The SMILES string of the molecule is O=S(=O)(NCCN1CCCC1)c1cccc(N(c2ccccc2)c2ccncc2)c1. The minimum absolute atomic E-state index is 0.261. The van der Waals surface area contributed by atoms with Crippen molar-refractivity contribution < 1.29 is 8.42 Å². The number of likely N-dealkylation sites (tertiary alicyclic amines) is 1. The highest BCUT2D eigenvalue weighted by molar-refractivity contribution is 7.89. The first kappa shape index (κ1) is 20.5. The largest absolute Gasteiger partial charge is 0.310 e. The van der Waals surface area contributed by atoms with E-state index >= 15 is 0 Å². The molecule has 4 rings (SSSR count). The summed E-state index contributed by atoms with van der Waals surface area (Å²) in [6, 6.07) is 20.7. The molecule has 0 bridgehead atoms. The molecule has 30 heavy (non-hydrogen) atoms. The van der Waals surface area contributed by atoms with E-state index < -0.39 is 10.0 Å². The monoisotopic (exact) mass is 422 g/mol. The highest BCUT2D eigenvalue weighted by atomic mass is 32.2. The lowest BCUT2D eigenvalue weighted by Gasteiger charge is -2.25. The van der Waals surface area contributed by atoms with E-state index in [0.29, 0.717) is 6.54 Å². The zero-order chi connectivity index (χ0) is 20.8. The van der Waals surface area contributed by atoms with E-state index in [1.807, 2.05) is 53.4 Å². The molecule has 0 amide bonds. The number of aromatic nitrogens is 1. The first-order valence-electron chi connectivity index (χ1n) is 10.2. The number of benzene rings is 2. The van der Waals surface area contributed by atoms with Gasteiger partial charge in [-0.15, -0.1) is 0 Å². The van der Waals surface area contributed by atoms with Crippen LogP contribution < -0.4 is 9.62 Å². The third kappa shape index (κ3) is 4.87. The maximum Gasteiger partial charge on any atom is 0.240 e. The molecule has 7 heteroatoms. The molecule has 0 aliphatic carbocycles. The Kier molecular flexibility index (Phi) is 6.42. The van der Waals surface area contributed by atoms with Crippen molar-refractivity contribution in [1.82, 2.24) is 14.6 Å². The van der Waals surface area contributed by atoms with Crippen molar-refractivity contribution in [3.63, 3.8) is 0 Å². The fraction of sp³-hybridized carbons (Fsp3) is 0.261. The minimum atomic E-state index is -3.59. The summed E-state index contributed by atoms with van der Waals surface area (Å²) in [7, 11) is -3.59. The van der Waals surface area contributed by atoms with Gasteiger partial charge in [-0.05, 0) is 68.4 Å². The summed E-state index contributed by atoms with van der Waals surface area (Å²) < 4.78 is 28.5. The second-order valence-corrected chi connectivity index (χ2v) is 9.09. The van der Waals surface area contributed by atoms with Crippen molar-refractivity contribution in [2.45, 2.75) is 17.7 Å². The fourth-order valence-corrected chi connectivity index (χ4v) is 4.80. The van der Waals surface area contributed by atoms with Gasteiger partial charge in [0, 0.05) is 42.5 Å². The van der Waals surface area contributed by atoms with Crippen LogP contribution in [0.5, 0.6) is 0 Å². The number of para-hydroxylation sites is 1. The number of sulfonamides is 1. The number of nitrogens with zero attached hydrogens (tertiary/aromatic N) is 3. The van der Waals surface area contributed by atoms with Gasteiger partial charge in [0.15, 0.2) is 0 Å². The molecule has 0 radical (unpaired) electrons. The van der Waals surface area contributed by atoms with Crippen molar-refractivity contribution in [2.75, 3.05) is 31.1 Å². The summed E-state index contributed by atoms with van der Waals surface area (Å²) in [5.41, 5.74) is 2.63. The number of nitrogens with one attached hydrogen (secondary N) is 1. The zero-order valence-electron chi connectivity index (χ0n) is 16.8. The average Bonchev–Trinajstić information content (AvgIpc) is 3.29. The molecule has 0 unspecified atom stereocenters. The quantitative estimate of drug-likeness (QED) is 0.596. The van der Waals surface area contributed by atoms with Gasteiger partial charge in [0.1, 0.15) is 0 Å². The van der Waals surface area contributed by atoms with Gasteiger partial charge in [-0.3, -0.25) is 4.98 Å². The molecule has 2 heterocycles. The van der Waals surface area contributed by atoms with Gasteiger partial charge in [0.2, 0.25) is 10.0 Å². The van der Waals surface area contributed by atoms with Crippen molar-refractivity contribution in [1.29, 1.82) is 0 Å². The molecule has 1 N–H and O–H groups in total. The topological polar surface area (TPSA) is 65.5 Å². The molecular weight excluding hydrogens is 396 g/mol. The molecule has 0 saturated carbocycles. The molecule has 1 aliphatic heterocycles. The summed E-state index contributed by atoms with van der Waals surface area (Å²) in [4.78, 5) is 8.67. The number of hydrogen-bond donors (Lipinski definition) is 1. The highest BCUT2D eigenvalue weighted by Crippen LogP contribution is 2.34. The molecule has 0 spiro atoms. The molecule has 1 aromatic heterocycles. The second kappa shape index (κ2) is 9.38. The molecule has 6 nitrogen and oxygen atoms in total. The Hall–Kier alpha value is -2.74. The normalized spacial score (nSPS) is 14.7. The van der Waals surface area contributed by atoms with E-state index in [-0.39, 0.29) is 4.90 Å². The van der Waals surface area contributed by atoms with E-state index in [0.717, 1.165) is 36.7 Å². The van der Waals surface area contributed by atoms with Gasteiger partial charge in [0.25, 0.3) is 0 Å². The van der Waals surface area contributed by atoms with Gasteiger partial charge in [-0.25, -0.2) is 13.1 Å². The van der Waals surface area contributed by atoms with Gasteiger partial charge >= 0.3 is 0 Å². The minimum Gasteiger partial charge on any atom is -0.310 e. The third-order valence-corrected chi connectivity index (χ3v) is 6.70. The lowest BCUT2D eigenvalue weighted by molar-refractivity contribution is 0.344. The van der Waals surface area contributed by atoms with Gasteiger partial charge in [-0.2, -0.15) is 0 Å². The summed E-state index contributed by atoms with van der Waals surface area (Å²) in [5, 5.41) is 0. The van der Waals surface area contributed by atoms with Crippen LogP contribution in [0.15, 0.2) is 84.0 Å². The number of anilines is 3. The molecule has 2 aromatic carbocycles. The Morgan fingerprint density at radius 3 is 2.27 bits per heavy atom. The maximum atomic E-state index is 12.9. The Balaban J connectivity index is 1.60. The lowest BCUT2D eigenvalue weighted by Crippen LogP contribution is -2.33. The van der Waals surface area contributed by atoms with Crippen molar-refractivity contribution in [3.8, 4) is 0 Å².